The van der Waals surface area contributed by atoms with E-state index in [-0.39, 0.29) is 6.44 Å². The van der Waals surface area contributed by atoms with E-state index in [2.05, 4.69) is 10.6 Å². The molecule has 6 nitrogen and oxygen atoms in total. The van der Waals surface area contributed by atoms with Crippen molar-refractivity contribution in [3.05, 3.63) is 0 Å². The van der Waals surface area contributed by atoms with Crippen molar-refractivity contribution < 1.29 is 19.9 Å². The van der Waals surface area contributed by atoms with Gasteiger partial charge in [0.25, 0.3) is 0 Å². The molecule has 2 atom stereocenters. The molecule has 13 heavy (non-hydrogen) atoms. The number of hydrogen-bond donors (Lipinski definition) is 5. The Labute approximate surface area is 77.1 Å². The van der Waals surface area contributed by atoms with Gasteiger partial charge >= 0.3 is 7.12 Å². The number of rotatable bonds is 5. The summed E-state index contributed by atoms with van der Waals surface area (Å²) in [5.74, 6) is -0.467. The minimum absolute atomic E-state index is 0.246. The number of carbonyl (C=O) groups is 1. The van der Waals surface area contributed by atoms with Gasteiger partial charge < -0.3 is 25.8 Å². The highest BCUT2D eigenvalue weighted by Gasteiger charge is 2.22. The van der Waals surface area contributed by atoms with E-state index < -0.39 is 25.2 Å². The van der Waals surface area contributed by atoms with Crippen molar-refractivity contribution in [2.75, 3.05) is 13.5 Å². The van der Waals surface area contributed by atoms with Crippen LogP contribution in [0.3, 0.4) is 0 Å². The molecule has 0 aromatic heterocycles. The minimum Gasteiger partial charge on any atom is -0.426 e. The van der Waals surface area contributed by atoms with Crippen LogP contribution in [0, 0.1) is 0 Å². The van der Waals surface area contributed by atoms with Gasteiger partial charge in [-0.05, 0) is 14.0 Å². The molecule has 0 fully saturated rings. The maximum Gasteiger partial charge on any atom is 0.472 e. The predicted octanol–water partition coefficient (Wildman–Crippen LogP) is -2.92. The SMILES string of the molecule is CNC(C(=O)NCB(O)O)C(C)O. The van der Waals surface area contributed by atoms with E-state index >= 15 is 0 Å². The lowest BCUT2D eigenvalue weighted by atomic mass is 9.92. The molecule has 0 aromatic rings. The van der Waals surface area contributed by atoms with E-state index in [1.54, 1.807) is 0 Å². The van der Waals surface area contributed by atoms with E-state index in [0.717, 1.165) is 0 Å². The van der Waals surface area contributed by atoms with Crippen LogP contribution < -0.4 is 10.6 Å². The molecule has 0 saturated carbocycles. The van der Waals surface area contributed by atoms with Crippen LogP contribution in [0.4, 0.5) is 0 Å². The first kappa shape index (κ1) is 12.4. The third kappa shape index (κ3) is 4.84. The highest BCUT2D eigenvalue weighted by molar-refractivity contribution is 6.41. The molecule has 1 amide bonds. The number of carbonyl (C=O) groups excluding carboxylic acids is 1. The predicted molar refractivity (Wildman–Crippen MR) is 47.7 cm³/mol. The lowest BCUT2D eigenvalue weighted by molar-refractivity contribution is -0.125. The Morgan fingerprint density at radius 1 is 1.54 bits per heavy atom. The van der Waals surface area contributed by atoms with Gasteiger partial charge in [0.05, 0.1) is 12.5 Å². The van der Waals surface area contributed by atoms with Crippen LogP contribution in [0.2, 0.25) is 0 Å². The summed E-state index contributed by atoms with van der Waals surface area (Å²) in [5, 5.41) is 30.9. The fourth-order valence-electron chi connectivity index (χ4n) is 0.893. The molecule has 0 aliphatic carbocycles. The Bertz CT molecular complexity index is 165. The second-order valence-electron chi connectivity index (χ2n) is 2.73. The number of aliphatic hydroxyl groups is 1. The monoisotopic (exact) mass is 190 g/mol. The third-order valence-electron chi connectivity index (χ3n) is 1.53. The van der Waals surface area contributed by atoms with Gasteiger partial charge in [-0.15, -0.1) is 0 Å². The fourth-order valence-corrected chi connectivity index (χ4v) is 0.893. The zero-order valence-electron chi connectivity index (χ0n) is 7.69. The number of hydrogen-bond acceptors (Lipinski definition) is 5. The second kappa shape index (κ2) is 5.93. The van der Waals surface area contributed by atoms with Crippen molar-refractivity contribution in [3.8, 4) is 0 Å². The summed E-state index contributed by atoms with van der Waals surface area (Å²) in [6.45, 7) is 1.47. The summed E-state index contributed by atoms with van der Waals surface area (Å²) in [4.78, 5) is 11.2. The fraction of sp³-hybridized carbons (Fsp3) is 0.833. The standard InChI is InChI=1S/C6H15BN2O4/c1-4(10)5(8-2)6(11)9-3-7(12)13/h4-5,8,10,12-13H,3H2,1-2H3,(H,9,11). The highest BCUT2D eigenvalue weighted by atomic mass is 16.4. The molecule has 0 aliphatic heterocycles. The van der Waals surface area contributed by atoms with Crippen molar-refractivity contribution in [2.45, 2.75) is 19.1 Å². The summed E-state index contributed by atoms with van der Waals surface area (Å²) >= 11 is 0. The summed E-state index contributed by atoms with van der Waals surface area (Å²) < 4.78 is 0. The Hall–Kier alpha value is -0.625. The molecule has 2 unspecified atom stereocenters. The number of likely N-dealkylation sites (N-methyl/N-ethyl adjacent to an activating group) is 1. The first-order chi connectivity index (χ1) is 5.99. The van der Waals surface area contributed by atoms with Crippen molar-refractivity contribution in [3.63, 3.8) is 0 Å². The van der Waals surface area contributed by atoms with Crippen molar-refractivity contribution in [1.82, 2.24) is 10.6 Å². The molecule has 76 valence electrons. The molecule has 0 spiro atoms. The van der Waals surface area contributed by atoms with Gasteiger partial charge in [-0.25, -0.2) is 0 Å². The number of amides is 1. The highest BCUT2D eigenvalue weighted by Crippen LogP contribution is 1.91. The van der Waals surface area contributed by atoms with Crippen LogP contribution in [0.5, 0.6) is 0 Å². The largest absolute Gasteiger partial charge is 0.472 e. The molecule has 0 heterocycles. The Kier molecular flexibility index (Phi) is 5.64. The first-order valence-electron chi connectivity index (χ1n) is 3.98. The third-order valence-corrected chi connectivity index (χ3v) is 1.53. The van der Waals surface area contributed by atoms with Crippen LogP contribution in [-0.2, 0) is 4.79 Å². The minimum atomic E-state index is -1.57. The Morgan fingerprint density at radius 3 is 2.38 bits per heavy atom. The molecule has 0 bridgehead atoms. The molecule has 5 N–H and O–H groups in total. The summed E-state index contributed by atoms with van der Waals surface area (Å²) in [5.41, 5.74) is 0. The molecule has 7 heteroatoms. The van der Waals surface area contributed by atoms with Gasteiger partial charge in [-0.2, -0.15) is 0 Å². The summed E-state index contributed by atoms with van der Waals surface area (Å²) in [6, 6.07) is -0.737. The molecular formula is C6H15BN2O4. The van der Waals surface area contributed by atoms with Gasteiger partial charge in [-0.3, -0.25) is 4.79 Å². The summed E-state index contributed by atoms with van der Waals surface area (Å²) in [6.07, 6.45) is -1.08. The summed E-state index contributed by atoms with van der Waals surface area (Å²) in [7, 11) is -0.0396. The van der Waals surface area contributed by atoms with Crippen molar-refractivity contribution in [1.29, 1.82) is 0 Å². The molecule has 0 rings (SSSR count). The normalized spacial score (nSPS) is 14.8. The van der Waals surface area contributed by atoms with Gasteiger partial charge in [0.15, 0.2) is 0 Å². The van der Waals surface area contributed by atoms with Gasteiger partial charge in [0.1, 0.15) is 6.04 Å². The van der Waals surface area contributed by atoms with Crippen LogP contribution in [0.15, 0.2) is 0 Å². The molecule has 0 aliphatic rings. The van der Waals surface area contributed by atoms with Gasteiger partial charge in [0.2, 0.25) is 5.91 Å². The molecular weight excluding hydrogens is 175 g/mol. The van der Waals surface area contributed by atoms with Gasteiger partial charge in [0, 0.05) is 0 Å². The Morgan fingerprint density at radius 2 is 2.08 bits per heavy atom. The molecule has 0 radical (unpaired) electrons. The second-order valence-corrected chi connectivity index (χ2v) is 2.73. The Balaban J connectivity index is 3.92. The van der Waals surface area contributed by atoms with E-state index in [1.165, 1.54) is 14.0 Å². The zero-order valence-corrected chi connectivity index (χ0v) is 7.69. The van der Waals surface area contributed by atoms with E-state index in [1.807, 2.05) is 0 Å². The average molecular weight is 190 g/mol. The van der Waals surface area contributed by atoms with Crippen LogP contribution in [0.25, 0.3) is 0 Å². The number of nitrogens with one attached hydrogen (secondary N) is 2. The smallest absolute Gasteiger partial charge is 0.426 e. The van der Waals surface area contributed by atoms with Crippen molar-refractivity contribution >= 4 is 13.0 Å². The first-order valence-corrected chi connectivity index (χ1v) is 3.98. The zero-order chi connectivity index (χ0) is 10.4. The quantitative estimate of drug-likeness (QED) is 0.299. The van der Waals surface area contributed by atoms with Crippen molar-refractivity contribution in [2.24, 2.45) is 0 Å². The van der Waals surface area contributed by atoms with E-state index in [4.69, 9.17) is 15.2 Å². The molecule has 0 aromatic carbocycles. The van der Waals surface area contributed by atoms with E-state index in [9.17, 15) is 4.79 Å². The van der Waals surface area contributed by atoms with E-state index in [0.29, 0.717) is 0 Å². The van der Waals surface area contributed by atoms with Crippen LogP contribution >= 0.6 is 0 Å². The van der Waals surface area contributed by atoms with Gasteiger partial charge in [-0.1, -0.05) is 0 Å². The van der Waals surface area contributed by atoms with Crippen LogP contribution in [-0.4, -0.2) is 53.8 Å². The average Bonchev–Trinajstić information content (AvgIpc) is 2.01. The number of aliphatic hydroxyl groups excluding tert-OH is 1. The maximum atomic E-state index is 11.2. The molecule has 0 saturated heterocycles. The lowest BCUT2D eigenvalue weighted by Crippen LogP contribution is -2.51. The maximum absolute atomic E-state index is 11.2. The topological polar surface area (TPSA) is 102 Å². The van der Waals surface area contributed by atoms with Crippen LogP contribution in [0.1, 0.15) is 6.92 Å². The lowest BCUT2D eigenvalue weighted by Gasteiger charge is -2.18.